The van der Waals surface area contributed by atoms with Crippen LogP contribution in [-0.4, -0.2) is 51.2 Å². The summed E-state index contributed by atoms with van der Waals surface area (Å²) >= 11 is 0. The van der Waals surface area contributed by atoms with Gasteiger partial charge in [0, 0.05) is 38.5 Å². The van der Waals surface area contributed by atoms with Crippen molar-refractivity contribution in [1.82, 2.24) is 19.8 Å². The number of nitrogens with one attached hydrogen (secondary N) is 1. The van der Waals surface area contributed by atoms with Gasteiger partial charge in [0.15, 0.2) is 0 Å². The van der Waals surface area contributed by atoms with Crippen molar-refractivity contribution >= 4 is 11.8 Å². The fourth-order valence-corrected chi connectivity index (χ4v) is 3.79. The summed E-state index contributed by atoms with van der Waals surface area (Å²) in [5.74, 6) is -1.32. The third kappa shape index (κ3) is 3.20. The highest BCUT2D eigenvalue weighted by atomic mass is 19.1. The number of carbonyl (C=O) groups excluding carboxylic acids is 2. The predicted octanol–water partition coefficient (Wildman–Crippen LogP) is 2.11. The third-order valence-corrected chi connectivity index (χ3v) is 5.28. The second-order valence-electron chi connectivity index (χ2n) is 6.98. The number of hydrogen-bond acceptors (Lipinski definition) is 3. The second kappa shape index (κ2) is 6.75. The second-order valence-corrected chi connectivity index (χ2v) is 6.98. The Morgan fingerprint density at radius 2 is 2.19 bits per heavy atom. The first-order valence-electron chi connectivity index (χ1n) is 9.06. The number of rotatable bonds is 3. The molecular formula is C19H20F2N4O2. The minimum absolute atomic E-state index is 0.0177. The van der Waals surface area contributed by atoms with Gasteiger partial charge in [-0.05, 0) is 19.1 Å². The van der Waals surface area contributed by atoms with E-state index in [9.17, 15) is 18.4 Å². The summed E-state index contributed by atoms with van der Waals surface area (Å²) in [6.45, 7) is 3.84. The maximum Gasteiger partial charge on any atom is 0.228 e. The largest absolute Gasteiger partial charge is 0.342 e. The van der Waals surface area contributed by atoms with Gasteiger partial charge in [0.05, 0.1) is 29.4 Å². The van der Waals surface area contributed by atoms with Crippen molar-refractivity contribution in [2.75, 3.05) is 19.6 Å². The van der Waals surface area contributed by atoms with Crippen molar-refractivity contribution in [2.24, 2.45) is 5.92 Å². The quantitative estimate of drug-likeness (QED) is 0.895. The molecule has 0 spiro atoms. The molecule has 1 fully saturated rings. The Morgan fingerprint density at radius 3 is 2.89 bits per heavy atom. The maximum absolute atomic E-state index is 14.0. The van der Waals surface area contributed by atoms with Crippen molar-refractivity contribution in [2.45, 2.75) is 26.3 Å². The molecule has 4 rings (SSSR count). The summed E-state index contributed by atoms with van der Waals surface area (Å²) in [5.41, 5.74) is 1.74. The Hall–Kier alpha value is -2.77. The SMILES string of the molecule is CCN1C[C@H](C(=O)N2CCc3nc(-c4ccc(F)cc4F)[nH]c3C2)CC1=O. The van der Waals surface area contributed by atoms with Crippen molar-refractivity contribution in [3.63, 3.8) is 0 Å². The van der Waals surface area contributed by atoms with E-state index in [0.29, 0.717) is 38.4 Å². The van der Waals surface area contributed by atoms with Gasteiger partial charge < -0.3 is 14.8 Å². The molecule has 0 aliphatic carbocycles. The van der Waals surface area contributed by atoms with E-state index in [1.54, 1.807) is 9.80 Å². The number of likely N-dealkylation sites (tertiary alicyclic amines) is 1. The number of aromatic amines is 1. The van der Waals surface area contributed by atoms with Crippen LogP contribution in [0, 0.1) is 17.6 Å². The van der Waals surface area contributed by atoms with E-state index in [2.05, 4.69) is 9.97 Å². The molecule has 8 heteroatoms. The first-order chi connectivity index (χ1) is 13.0. The van der Waals surface area contributed by atoms with E-state index >= 15 is 0 Å². The fourth-order valence-electron chi connectivity index (χ4n) is 3.79. The van der Waals surface area contributed by atoms with Crippen LogP contribution < -0.4 is 0 Å². The smallest absolute Gasteiger partial charge is 0.228 e. The van der Waals surface area contributed by atoms with Gasteiger partial charge in [-0.1, -0.05) is 0 Å². The molecule has 2 amide bonds. The van der Waals surface area contributed by atoms with Crippen LogP contribution in [0.3, 0.4) is 0 Å². The highest BCUT2D eigenvalue weighted by Crippen LogP contribution is 2.27. The van der Waals surface area contributed by atoms with Crippen molar-refractivity contribution in [3.05, 3.63) is 41.2 Å². The number of halogens is 2. The number of nitrogens with zero attached hydrogens (tertiary/aromatic N) is 3. The van der Waals surface area contributed by atoms with E-state index < -0.39 is 11.6 Å². The van der Waals surface area contributed by atoms with Crippen molar-refractivity contribution in [1.29, 1.82) is 0 Å². The first kappa shape index (κ1) is 17.6. The Balaban J connectivity index is 1.51. The minimum atomic E-state index is -0.682. The molecule has 1 aromatic carbocycles. The average Bonchev–Trinajstić information content (AvgIpc) is 3.23. The summed E-state index contributed by atoms with van der Waals surface area (Å²) in [6.07, 6.45) is 0.809. The molecule has 1 N–H and O–H groups in total. The lowest BCUT2D eigenvalue weighted by atomic mass is 10.0. The highest BCUT2D eigenvalue weighted by Gasteiger charge is 2.37. The molecule has 1 aromatic heterocycles. The van der Waals surface area contributed by atoms with Gasteiger partial charge >= 0.3 is 0 Å². The van der Waals surface area contributed by atoms with Crippen LogP contribution in [0.1, 0.15) is 24.7 Å². The number of benzene rings is 1. The summed E-state index contributed by atoms with van der Waals surface area (Å²) in [7, 11) is 0. The standard InChI is InChI=1S/C19H20F2N4O2/c1-2-24-9-11(7-17(24)26)19(27)25-6-5-15-16(10-25)23-18(22-15)13-4-3-12(20)8-14(13)21/h3-4,8,11H,2,5-7,9-10H2,1H3,(H,22,23)/t11-/m1/s1. The molecule has 2 aliphatic heterocycles. The molecule has 3 heterocycles. The molecule has 6 nitrogen and oxygen atoms in total. The van der Waals surface area contributed by atoms with Crippen LogP contribution in [0.5, 0.6) is 0 Å². The van der Waals surface area contributed by atoms with E-state index in [-0.39, 0.29) is 29.7 Å². The lowest BCUT2D eigenvalue weighted by Gasteiger charge is -2.28. The lowest BCUT2D eigenvalue weighted by Crippen LogP contribution is -2.40. The van der Waals surface area contributed by atoms with Gasteiger partial charge in [-0.2, -0.15) is 0 Å². The van der Waals surface area contributed by atoms with Gasteiger partial charge in [-0.15, -0.1) is 0 Å². The van der Waals surface area contributed by atoms with E-state index in [1.165, 1.54) is 12.1 Å². The number of carbonyl (C=O) groups is 2. The van der Waals surface area contributed by atoms with Gasteiger partial charge in [-0.3, -0.25) is 9.59 Å². The number of hydrogen-bond donors (Lipinski definition) is 1. The lowest BCUT2D eigenvalue weighted by molar-refractivity contribution is -0.136. The highest BCUT2D eigenvalue weighted by molar-refractivity contribution is 5.89. The van der Waals surface area contributed by atoms with Crippen LogP contribution in [-0.2, 0) is 22.6 Å². The number of aromatic nitrogens is 2. The van der Waals surface area contributed by atoms with Crippen LogP contribution in [0.2, 0.25) is 0 Å². The van der Waals surface area contributed by atoms with Gasteiger partial charge in [0.25, 0.3) is 0 Å². The minimum Gasteiger partial charge on any atom is -0.342 e. The molecular weight excluding hydrogens is 354 g/mol. The topological polar surface area (TPSA) is 69.3 Å². The molecule has 0 unspecified atom stereocenters. The molecule has 2 aliphatic rings. The summed E-state index contributed by atoms with van der Waals surface area (Å²) < 4.78 is 27.1. The summed E-state index contributed by atoms with van der Waals surface area (Å²) in [4.78, 5) is 35.6. The molecule has 0 radical (unpaired) electrons. The number of imidazole rings is 1. The number of fused-ring (bicyclic) bond motifs is 1. The Morgan fingerprint density at radius 1 is 1.37 bits per heavy atom. The molecule has 1 saturated heterocycles. The monoisotopic (exact) mass is 374 g/mol. The Kier molecular flexibility index (Phi) is 4.41. The van der Waals surface area contributed by atoms with Gasteiger partial charge in [0.2, 0.25) is 11.8 Å². The zero-order chi connectivity index (χ0) is 19.1. The van der Waals surface area contributed by atoms with E-state index in [1.807, 2.05) is 6.92 Å². The molecule has 27 heavy (non-hydrogen) atoms. The fraction of sp³-hybridized carbons (Fsp3) is 0.421. The van der Waals surface area contributed by atoms with Crippen LogP contribution in [0.15, 0.2) is 18.2 Å². The zero-order valence-electron chi connectivity index (χ0n) is 15.0. The summed E-state index contributed by atoms with van der Waals surface area (Å²) in [5, 5.41) is 0. The molecule has 2 aromatic rings. The Bertz CT molecular complexity index is 911. The molecule has 1 atom stereocenters. The average molecular weight is 374 g/mol. The Labute approximate surface area is 155 Å². The molecule has 0 bridgehead atoms. The number of amides is 2. The zero-order valence-corrected chi connectivity index (χ0v) is 15.0. The third-order valence-electron chi connectivity index (χ3n) is 5.28. The van der Waals surface area contributed by atoms with E-state index in [0.717, 1.165) is 17.5 Å². The first-order valence-corrected chi connectivity index (χ1v) is 9.06. The van der Waals surface area contributed by atoms with Gasteiger partial charge in [0.1, 0.15) is 17.5 Å². The van der Waals surface area contributed by atoms with Crippen molar-refractivity contribution in [3.8, 4) is 11.4 Å². The normalized spacial score (nSPS) is 19.5. The van der Waals surface area contributed by atoms with E-state index in [4.69, 9.17) is 0 Å². The van der Waals surface area contributed by atoms with Crippen LogP contribution >= 0.6 is 0 Å². The molecule has 0 saturated carbocycles. The maximum atomic E-state index is 14.0. The van der Waals surface area contributed by atoms with Crippen molar-refractivity contribution < 1.29 is 18.4 Å². The predicted molar refractivity (Wildman–Crippen MR) is 93.4 cm³/mol. The van der Waals surface area contributed by atoms with Gasteiger partial charge in [-0.25, -0.2) is 13.8 Å². The number of H-pyrrole nitrogens is 1. The van der Waals surface area contributed by atoms with Crippen LogP contribution in [0.25, 0.3) is 11.4 Å². The van der Waals surface area contributed by atoms with Crippen LogP contribution in [0.4, 0.5) is 8.78 Å². The summed E-state index contributed by atoms with van der Waals surface area (Å²) in [6, 6.07) is 3.36. The molecule has 142 valence electrons.